The van der Waals surface area contributed by atoms with E-state index in [1.54, 1.807) is 0 Å². The van der Waals surface area contributed by atoms with Gasteiger partial charge in [-0.15, -0.1) is 0 Å². The summed E-state index contributed by atoms with van der Waals surface area (Å²) in [6, 6.07) is 13.7. The van der Waals surface area contributed by atoms with E-state index in [0.29, 0.717) is 6.04 Å². The molecule has 1 unspecified atom stereocenters. The Morgan fingerprint density at radius 2 is 1.73 bits per heavy atom. The molecule has 0 bridgehead atoms. The van der Waals surface area contributed by atoms with Gasteiger partial charge in [-0.1, -0.05) is 12.1 Å². The minimum absolute atomic E-state index is 0.332. The molecule has 3 rings (SSSR count). The van der Waals surface area contributed by atoms with Gasteiger partial charge < -0.3 is 14.8 Å². The number of nitrogens with one attached hydrogen (secondary N) is 1. The first-order chi connectivity index (χ1) is 10.7. The van der Waals surface area contributed by atoms with Crippen molar-refractivity contribution in [2.24, 2.45) is 7.05 Å². The molecule has 0 saturated carbocycles. The van der Waals surface area contributed by atoms with Crippen LogP contribution in [0.1, 0.15) is 17.3 Å². The summed E-state index contributed by atoms with van der Waals surface area (Å²) in [6.45, 7) is 4.31. The van der Waals surface area contributed by atoms with Crippen molar-refractivity contribution in [2.45, 2.75) is 6.04 Å². The number of benzene rings is 1. The minimum atomic E-state index is 0.332. The third-order valence-corrected chi connectivity index (χ3v) is 4.51. The van der Waals surface area contributed by atoms with Gasteiger partial charge in [0.25, 0.3) is 0 Å². The van der Waals surface area contributed by atoms with E-state index >= 15 is 0 Å². The zero-order valence-electron chi connectivity index (χ0n) is 13.8. The second kappa shape index (κ2) is 6.55. The third kappa shape index (κ3) is 3.03. The summed E-state index contributed by atoms with van der Waals surface area (Å²) in [5, 5.41) is 3.45. The van der Waals surface area contributed by atoms with Gasteiger partial charge >= 0.3 is 0 Å². The first-order valence-corrected chi connectivity index (χ1v) is 8.00. The molecule has 2 heterocycles. The maximum atomic E-state index is 3.45. The summed E-state index contributed by atoms with van der Waals surface area (Å²) >= 11 is 0. The number of aromatic nitrogens is 1. The van der Waals surface area contributed by atoms with Crippen LogP contribution in [0.3, 0.4) is 0 Å². The summed E-state index contributed by atoms with van der Waals surface area (Å²) in [6.07, 6.45) is 2.14. The maximum Gasteiger partial charge on any atom is 0.0756 e. The quantitative estimate of drug-likeness (QED) is 0.935. The molecule has 1 aromatic carbocycles. The Bertz CT molecular complexity index is 594. The van der Waals surface area contributed by atoms with Gasteiger partial charge in [0.2, 0.25) is 0 Å². The summed E-state index contributed by atoms with van der Waals surface area (Å²) in [5.41, 5.74) is 3.98. The van der Waals surface area contributed by atoms with E-state index in [1.165, 1.54) is 16.9 Å². The number of piperazine rings is 1. The highest BCUT2D eigenvalue weighted by Gasteiger charge is 2.25. The van der Waals surface area contributed by atoms with Gasteiger partial charge in [0.15, 0.2) is 0 Å². The smallest absolute Gasteiger partial charge is 0.0756 e. The first-order valence-electron chi connectivity index (χ1n) is 8.00. The first kappa shape index (κ1) is 15.1. The topological polar surface area (TPSA) is 23.4 Å². The van der Waals surface area contributed by atoms with Gasteiger partial charge in [-0.25, -0.2) is 0 Å². The predicted molar refractivity (Wildman–Crippen MR) is 92.5 cm³/mol. The molecule has 0 spiro atoms. The Kier molecular flexibility index (Phi) is 4.50. The van der Waals surface area contributed by atoms with Gasteiger partial charge in [-0.2, -0.15) is 0 Å². The van der Waals surface area contributed by atoms with Crippen LogP contribution in [0.4, 0.5) is 5.69 Å². The highest BCUT2D eigenvalue weighted by molar-refractivity contribution is 5.47. The largest absolute Gasteiger partial charge is 0.378 e. The monoisotopic (exact) mass is 298 g/mol. The molecule has 1 N–H and O–H groups in total. The molecule has 4 nitrogen and oxygen atoms in total. The Balaban J connectivity index is 1.95. The average Bonchev–Trinajstić information content (AvgIpc) is 2.95. The van der Waals surface area contributed by atoms with E-state index in [4.69, 9.17) is 0 Å². The number of anilines is 1. The van der Waals surface area contributed by atoms with Crippen LogP contribution in [0.2, 0.25) is 0 Å². The predicted octanol–water partition coefficient (Wildman–Crippen LogP) is 2.09. The number of nitrogens with zero attached hydrogens (tertiary/aromatic N) is 3. The molecule has 118 valence electrons. The Labute approximate surface area is 133 Å². The zero-order chi connectivity index (χ0) is 15.5. The molecule has 0 aliphatic carbocycles. The fourth-order valence-corrected chi connectivity index (χ4v) is 3.22. The normalized spacial score (nSPS) is 17.4. The van der Waals surface area contributed by atoms with Crippen LogP contribution < -0.4 is 10.2 Å². The number of hydrogen-bond donors (Lipinski definition) is 1. The molecule has 4 heteroatoms. The van der Waals surface area contributed by atoms with Crippen molar-refractivity contribution in [1.82, 2.24) is 14.8 Å². The highest BCUT2D eigenvalue weighted by Crippen LogP contribution is 2.30. The van der Waals surface area contributed by atoms with Gasteiger partial charge in [0.05, 0.1) is 6.04 Å². The van der Waals surface area contributed by atoms with Crippen LogP contribution in [-0.4, -0.2) is 49.7 Å². The van der Waals surface area contributed by atoms with Gasteiger partial charge in [-0.3, -0.25) is 4.90 Å². The maximum absolute atomic E-state index is 3.45. The van der Waals surface area contributed by atoms with E-state index in [0.717, 1.165) is 26.2 Å². The zero-order valence-corrected chi connectivity index (χ0v) is 13.8. The molecule has 22 heavy (non-hydrogen) atoms. The lowest BCUT2D eigenvalue weighted by Crippen LogP contribution is -2.45. The van der Waals surface area contributed by atoms with Gasteiger partial charge in [-0.05, 0) is 29.8 Å². The van der Waals surface area contributed by atoms with Gasteiger partial charge in [0.1, 0.15) is 0 Å². The van der Waals surface area contributed by atoms with Crippen molar-refractivity contribution >= 4 is 5.69 Å². The molecule has 1 aromatic heterocycles. The molecule has 1 aliphatic heterocycles. The van der Waals surface area contributed by atoms with Crippen LogP contribution in [0, 0.1) is 0 Å². The SMILES string of the molecule is CN(C)c1ccc(C(c2cccn2C)N2CCNCC2)cc1. The molecular weight excluding hydrogens is 272 g/mol. The second-order valence-corrected chi connectivity index (χ2v) is 6.22. The van der Waals surface area contributed by atoms with Crippen molar-refractivity contribution in [3.63, 3.8) is 0 Å². The molecular formula is C18H26N4. The van der Waals surface area contributed by atoms with Gasteiger partial charge in [0, 0.05) is 64.9 Å². The Hall–Kier alpha value is -1.78. The summed E-state index contributed by atoms with van der Waals surface area (Å²) < 4.78 is 2.24. The van der Waals surface area contributed by atoms with Crippen molar-refractivity contribution in [2.75, 3.05) is 45.2 Å². The van der Waals surface area contributed by atoms with E-state index in [-0.39, 0.29) is 0 Å². The van der Waals surface area contributed by atoms with Crippen molar-refractivity contribution < 1.29 is 0 Å². The van der Waals surface area contributed by atoms with Crippen molar-refractivity contribution in [1.29, 1.82) is 0 Å². The Morgan fingerprint density at radius 3 is 2.27 bits per heavy atom. The lowest BCUT2D eigenvalue weighted by Gasteiger charge is -2.35. The standard InChI is InChI=1S/C18H26N4/c1-20(2)16-8-6-15(7-9-16)18(17-5-4-12-21(17)3)22-13-10-19-11-14-22/h4-9,12,18-19H,10-11,13-14H2,1-3H3. The second-order valence-electron chi connectivity index (χ2n) is 6.22. The van der Waals surface area contributed by atoms with E-state index < -0.39 is 0 Å². The lowest BCUT2D eigenvalue weighted by molar-refractivity contribution is 0.193. The third-order valence-electron chi connectivity index (χ3n) is 4.51. The summed E-state index contributed by atoms with van der Waals surface area (Å²) in [7, 11) is 6.30. The minimum Gasteiger partial charge on any atom is -0.378 e. The van der Waals surface area contributed by atoms with Crippen molar-refractivity contribution in [3.8, 4) is 0 Å². The Morgan fingerprint density at radius 1 is 1.05 bits per heavy atom. The van der Waals surface area contributed by atoms with Crippen LogP contribution in [0.25, 0.3) is 0 Å². The highest BCUT2D eigenvalue weighted by atomic mass is 15.2. The average molecular weight is 298 g/mol. The lowest BCUT2D eigenvalue weighted by atomic mass is 10.0. The molecule has 2 aromatic rings. The summed E-state index contributed by atoms with van der Waals surface area (Å²) in [4.78, 5) is 4.72. The molecule has 0 amide bonds. The van der Waals surface area contributed by atoms with E-state index in [2.05, 4.69) is 83.4 Å². The fourth-order valence-electron chi connectivity index (χ4n) is 3.22. The number of aryl methyl sites for hydroxylation is 1. The molecule has 1 saturated heterocycles. The molecule has 1 aliphatic rings. The van der Waals surface area contributed by atoms with E-state index in [9.17, 15) is 0 Å². The summed E-state index contributed by atoms with van der Waals surface area (Å²) in [5.74, 6) is 0. The van der Waals surface area contributed by atoms with Crippen LogP contribution in [-0.2, 0) is 7.05 Å². The molecule has 1 atom stereocenters. The number of hydrogen-bond acceptors (Lipinski definition) is 3. The van der Waals surface area contributed by atoms with Crippen LogP contribution in [0.5, 0.6) is 0 Å². The molecule has 0 radical (unpaired) electrons. The van der Waals surface area contributed by atoms with Crippen LogP contribution >= 0.6 is 0 Å². The number of rotatable bonds is 4. The fraction of sp³-hybridized carbons (Fsp3) is 0.444. The van der Waals surface area contributed by atoms with Crippen LogP contribution in [0.15, 0.2) is 42.6 Å². The van der Waals surface area contributed by atoms with E-state index in [1.807, 2.05) is 0 Å². The van der Waals surface area contributed by atoms with Crippen molar-refractivity contribution in [3.05, 3.63) is 53.9 Å². The molecule has 1 fully saturated rings.